The maximum absolute atomic E-state index is 15.3. The molecule has 182 valence electrons. The van der Waals surface area contributed by atoms with Crippen molar-refractivity contribution < 1.29 is 28.1 Å². The fourth-order valence-electron chi connectivity index (χ4n) is 5.97. The summed E-state index contributed by atoms with van der Waals surface area (Å²) in [7, 11) is -6.80. The normalized spacial score (nSPS) is 21.9. The zero-order valence-electron chi connectivity index (χ0n) is 19.6. The molecule has 6 nitrogen and oxygen atoms in total. The third-order valence-corrected chi connectivity index (χ3v) is 13.9. The van der Waals surface area contributed by atoms with Gasteiger partial charge in [0, 0.05) is 0 Å². The Morgan fingerprint density at radius 2 is 0.711 bits per heavy atom. The predicted molar refractivity (Wildman–Crippen MR) is 146 cm³/mol. The van der Waals surface area contributed by atoms with Crippen LogP contribution in [0.3, 0.4) is 0 Å². The Balaban J connectivity index is 1.37. The molecule has 8 heteroatoms. The highest BCUT2D eigenvalue weighted by Gasteiger charge is 2.50. The SMILES string of the molecule is O=P12c3ccccc3Oc3cccc(c31)Oc1cc3c(cc12)Oc1cccc2c1P3(=O)c1ccccc1O2. The van der Waals surface area contributed by atoms with Crippen LogP contribution in [0.25, 0.3) is 0 Å². The van der Waals surface area contributed by atoms with Crippen molar-refractivity contribution in [2.75, 3.05) is 0 Å². The molecule has 0 aliphatic carbocycles. The summed E-state index contributed by atoms with van der Waals surface area (Å²) in [6.45, 7) is 0. The Labute approximate surface area is 217 Å². The molecule has 4 aliphatic rings. The van der Waals surface area contributed by atoms with Crippen LogP contribution in [0.2, 0.25) is 0 Å². The van der Waals surface area contributed by atoms with Crippen LogP contribution < -0.4 is 50.8 Å². The molecule has 4 heterocycles. The second-order valence-electron chi connectivity index (χ2n) is 9.56. The fraction of sp³-hybridized carbons (Fsp3) is 0. The molecule has 5 aromatic carbocycles. The highest BCUT2D eigenvalue weighted by molar-refractivity contribution is 7.87. The zero-order chi connectivity index (χ0) is 25.2. The summed E-state index contributed by atoms with van der Waals surface area (Å²) in [5.74, 6) is 3.85. The van der Waals surface area contributed by atoms with Gasteiger partial charge >= 0.3 is 0 Å². The van der Waals surface area contributed by atoms with Gasteiger partial charge in [-0.05, 0) is 60.7 Å². The molecule has 0 N–H and O–H groups in total. The molecule has 5 aromatic rings. The number of hydrogen-bond acceptors (Lipinski definition) is 6. The van der Waals surface area contributed by atoms with Crippen molar-refractivity contribution >= 4 is 46.1 Å². The Bertz CT molecular complexity index is 1870. The summed E-state index contributed by atoms with van der Waals surface area (Å²) in [6.07, 6.45) is 0. The maximum atomic E-state index is 15.3. The molecule has 0 spiro atoms. The van der Waals surface area contributed by atoms with E-state index in [2.05, 4.69) is 0 Å². The lowest BCUT2D eigenvalue weighted by Gasteiger charge is -2.37. The Hall–Kier alpha value is -4.24. The van der Waals surface area contributed by atoms with Gasteiger partial charge in [0.2, 0.25) is 0 Å². The summed E-state index contributed by atoms with van der Waals surface area (Å²) >= 11 is 0. The Morgan fingerprint density at radius 3 is 1.13 bits per heavy atom. The molecular weight excluding hydrogens is 518 g/mol. The van der Waals surface area contributed by atoms with Gasteiger partial charge in [-0.2, -0.15) is 0 Å². The number of ether oxygens (including phenoxy) is 4. The Kier molecular flexibility index (Phi) is 3.71. The van der Waals surface area contributed by atoms with E-state index >= 15 is 9.13 Å². The maximum Gasteiger partial charge on any atom is 0.185 e. The minimum absolute atomic E-state index is 0.400. The van der Waals surface area contributed by atoms with Gasteiger partial charge in [-0.15, -0.1) is 0 Å². The van der Waals surface area contributed by atoms with Crippen LogP contribution in [0.15, 0.2) is 97.1 Å². The number of rotatable bonds is 0. The molecule has 0 amide bonds. The van der Waals surface area contributed by atoms with Crippen molar-refractivity contribution in [3.8, 4) is 46.0 Å². The lowest BCUT2D eigenvalue weighted by Crippen LogP contribution is -2.38. The highest BCUT2D eigenvalue weighted by Crippen LogP contribution is 2.62. The summed E-state index contributed by atoms with van der Waals surface area (Å²) < 4.78 is 55.5. The quantitative estimate of drug-likeness (QED) is 0.243. The van der Waals surface area contributed by atoms with Crippen molar-refractivity contribution in [1.29, 1.82) is 0 Å². The average Bonchev–Trinajstić information content (AvgIpc) is 2.93. The largest absolute Gasteiger partial charge is 0.456 e. The van der Waals surface area contributed by atoms with Crippen molar-refractivity contribution in [2.45, 2.75) is 0 Å². The molecule has 2 unspecified atom stereocenters. The number of fused-ring (bicyclic) bond motifs is 8. The van der Waals surface area contributed by atoms with E-state index in [-0.39, 0.29) is 0 Å². The molecule has 4 aliphatic heterocycles. The van der Waals surface area contributed by atoms with Gasteiger partial charge in [0.1, 0.15) is 56.6 Å². The van der Waals surface area contributed by atoms with Crippen LogP contribution in [0.4, 0.5) is 0 Å². The summed E-state index contributed by atoms with van der Waals surface area (Å²) in [4.78, 5) is 0. The van der Waals surface area contributed by atoms with Crippen LogP contribution in [0.5, 0.6) is 46.0 Å². The minimum Gasteiger partial charge on any atom is -0.456 e. The van der Waals surface area contributed by atoms with Crippen LogP contribution in [0, 0.1) is 0 Å². The van der Waals surface area contributed by atoms with Crippen molar-refractivity contribution in [2.24, 2.45) is 0 Å². The zero-order valence-corrected chi connectivity index (χ0v) is 21.4. The minimum atomic E-state index is -3.40. The fourth-order valence-corrected chi connectivity index (χ4v) is 12.1. The molecule has 0 bridgehead atoms. The van der Waals surface area contributed by atoms with Crippen molar-refractivity contribution in [3.63, 3.8) is 0 Å². The highest BCUT2D eigenvalue weighted by atomic mass is 31.2. The first kappa shape index (κ1) is 20.8. The van der Waals surface area contributed by atoms with Crippen molar-refractivity contribution in [1.82, 2.24) is 0 Å². The van der Waals surface area contributed by atoms with Gasteiger partial charge in [-0.3, -0.25) is 0 Å². The summed E-state index contributed by atoms with van der Waals surface area (Å²) in [5, 5.41) is 3.27. The first-order chi connectivity index (χ1) is 18.6. The first-order valence-electron chi connectivity index (χ1n) is 12.1. The predicted octanol–water partition coefficient (Wildman–Crippen LogP) is 5.39. The molecule has 2 atom stereocenters. The summed E-state index contributed by atoms with van der Waals surface area (Å²) in [6, 6.07) is 29.1. The molecule has 0 fully saturated rings. The van der Waals surface area contributed by atoms with E-state index in [4.69, 9.17) is 18.9 Å². The third-order valence-electron chi connectivity index (χ3n) is 7.56. The molecule has 0 saturated carbocycles. The van der Waals surface area contributed by atoms with Gasteiger partial charge in [0.05, 0.1) is 21.2 Å². The van der Waals surface area contributed by atoms with Crippen molar-refractivity contribution in [3.05, 3.63) is 97.1 Å². The van der Waals surface area contributed by atoms with Crippen LogP contribution in [-0.2, 0) is 9.13 Å². The number of para-hydroxylation sites is 2. The number of benzene rings is 5. The van der Waals surface area contributed by atoms with Crippen LogP contribution >= 0.6 is 14.3 Å². The van der Waals surface area contributed by atoms with E-state index in [9.17, 15) is 0 Å². The van der Waals surface area contributed by atoms with E-state index in [1.54, 1.807) is 36.4 Å². The average molecular weight is 534 g/mol. The van der Waals surface area contributed by atoms with E-state index in [0.717, 1.165) is 0 Å². The third kappa shape index (κ3) is 2.32. The second kappa shape index (κ2) is 6.79. The molecule has 38 heavy (non-hydrogen) atoms. The van der Waals surface area contributed by atoms with Gasteiger partial charge in [-0.25, -0.2) is 0 Å². The smallest absolute Gasteiger partial charge is 0.185 e. The van der Waals surface area contributed by atoms with Crippen LogP contribution in [0.1, 0.15) is 0 Å². The monoisotopic (exact) mass is 534 g/mol. The summed E-state index contributed by atoms with van der Waals surface area (Å²) in [5.41, 5.74) is 0. The van der Waals surface area contributed by atoms with Gasteiger partial charge in [0.25, 0.3) is 0 Å². The molecule has 0 saturated heterocycles. The first-order valence-corrected chi connectivity index (χ1v) is 15.6. The van der Waals surface area contributed by atoms with E-state index in [0.29, 0.717) is 77.8 Å². The van der Waals surface area contributed by atoms with E-state index in [1.165, 1.54) is 0 Å². The van der Waals surface area contributed by atoms with Crippen LogP contribution in [-0.4, -0.2) is 0 Å². The lowest BCUT2D eigenvalue weighted by molar-refractivity contribution is 0.454. The lowest BCUT2D eigenvalue weighted by atomic mass is 10.2. The van der Waals surface area contributed by atoms with Gasteiger partial charge in [0.15, 0.2) is 14.3 Å². The molecule has 0 radical (unpaired) electrons. The second-order valence-corrected chi connectivity index (χ2v) is 14.8. The van der Waals surface area contributed by atoms with E-state index < -0.39 is 14.3 Å². The van der Waals surface area contributed by atoms with Gasteiger partial charge < -0.3 is 28.1 Å². The number of hydrogen-bond donors (Lipinski definition) is 0. The molecule has 0 aromatic heterocycles. The van der Waals surface area contributed by atoms with Gasteiger partial charge in [-0.1, -0.05) is 36.4 Å². The Morgan fingerprint density at radius 1 is 0.368 bits per heavy atom. The molecular formula is C30H16O6P2. The molecule has 9 rings (SSSR count). The standard InChI is InChI=1S/C30H16O6P2/c31-37-25-13-3-1-7-17(25)33-19-9-5-11-21(29(19)37)35-23-16-28-24(15-27(23)37)36-22-12-6-10-20-30(22)38(28,32)26-14-4-2-8-18(26)34-20/h1-16H. The topological polar surface area (TPSA) is 71.1 Å². The van der Waals surface area contributed by atoms with E-state index in [1.807, 2.05) is 60.7 Å².